The number of amides is 2. The number of halogens is 6. The van der Waals surface area contributed by atoms with Crippen molar-refractivity contribution >= 4 is 32.4 Å². The Labute approximate surface area is 163 Å². The number of carbonyl (C=O) groups is 2. The molecule has 1 saturated carbocycles. The number of rotatable bonds is 4. The summed E-state index contributed by atoms with van der Waals surface area (Å²) >= 11 is 0. The largest absolute Gasteiger partial charge is 0.597 e. The lowest BCUT2D eigenvalue weighted by molar-refractivity contribution is -1.10. The molecule has 0 saturated heterocycles. The molecule has 2 atom stereocenters. The van der Waals surface area contributed by atoms with Gasteiger partial charge in [-0.1, -0.05) is 12.2 Å². The molecule has 0 heterocycles. The maximum absolute atomic E-state index is 12.0. The van der Waals surface area contributed by atoms with Crippen LogP contribution in [0.5, 0.6) is 0 Å². The summed E-state index contributed by atoms with van der Waals surface area (Å²) in [5, 5.41) is 16.7. The highest BCUT2D eigenvalue weighted by molar-refractivity contribution is 7.88. The summed E-state index contributed by atoms with van der Waals surface area (Å²) < 4.78 is 119. The first-order valence-corrected chi connectivity index (χ1v) is 10.2. The molecule has 0 aliphatic heterocycles. The highest BCUT2D eigenvalue weighted by Gasteiger charge is 2.69. The van der Waals surface area contributed by atoms with Crippen molar-refractivity contribution in [2.45, 2.75) is 30.3 Å². The van der Waals surface area contributed by atoms with E-state index in [4.69, 9.17) is 10.2 Å². The van der Waals surface area contributed by atoms with E-state index in [1.807, 2.05) is 0 Å². The third-order valence-electron chi connectivity index (χ3n) is 3.65. The van der Waals surface area contributed by atoms with Crippen LogP contribution in [0.3, 0.4) is 0 Å². The Kier molecular flexibility index (Phi) is 7.20. The van der Waals surface area contributed by atoms with Gasteiger partial charge in [-0.2, -0.15) is 52.8 Å². The van der Waals surface area contributed by atoms with Crippen molar-refractivity contribution in [2.75, 3.05) is 0 Å². The molecular formula is C11H12F6NO10S2+. The van der Waals surface area contributed by atoms with E-state index in [1.165, 1.54) is 19.3 Å². The summed E-state index contributed by atoms with van der Waals surface area (Å²) in [5.74, 6) is 1.98. The highest BCUT2D eigenvalue weighted by Crippen LogP contribution is 2.38. The van der Waals surface area contributed by atoms with Gasteiger partial charge < -0.3 is 10.2 Å². The fourth-order valence-electron chi connectivity index (χ4n) is 2.30. The van der Waals surface area contributed by atoms with Gasteiger partial charge in [-0.25, -0.2) is 0 Å². The zero-order chi connectivity index (χ0) is 23.8. The summed E-state index contributed by atoms with van der Waals surface area (Å²) in [6, 6.07) is 0. The number of alkyl halides is 6. The second-order valence-electron chi connectivity index (χ2n) is 5.78. The summed E-state index contributed by atoms with van der Waals surface area (Å²) in [5.41, 5.74) is -13.0. The number of carboxylic acid groups (broad SMARTS) is 2. The van der Waals surface area contributed by atoms with Gasteiger partial charge >= 0.3 is 43.4 Å². The lowest BCUT2D eigenvalue weighted by atomic mass is 10.1. The van der Waals surface area contributed by atoms with Gasteiger partial charge in [0.1, 0.15) is 0 Å². The van der Waals surface area contributed by atoms with E-state index < -0.39 is 48.2 Å². The summed E-state index contributed by atoms with van der Waals surface area (Å²) in [7, 11) is -14.4. The van der Waals surface area contributed by atoms with Crippen LogP contribution in [0.4, 0.5) is 35.9 Å². The first-order valence-electron chi connectivity index (χ1n) is 7.34. The van der Waals surface area contributed by atoms with Crippen molar-refractivity contribution in [1.29, 1.82) is 0 Å². The van der Waals surface area contributed by atoms with Crippen molar-refractivity contribution < 1.29 is 76.4 Å². The molecule has 11 nitrogen and oxygen atoms in total. The lowest BCUT2D eigenvalue weighted by Crippen LogP contribution is -2.59. The average Bonchev–Trinajstić information content (AvgIpc) is 3.17. The summed E-state index contributed by atoms with van der Waals surface area (Å²) in [6.45, 7) is 0. The highest BCUT2D eigenvalue weighted by atomic mass is 32.2. The van der Waals surface area contributed by atoms with Crippen molar-refractivity contribution in [1.82, 2.24) is 0 Å². The maximum atomic E-state index is 12.0. The molecule has 2 unspecified atom stereocenters. The lowest BCUT2D eigenvalue weighted by Gasteiger charge is -2.20. The molecule has 0 radical (unpaired) electrons. The zero-order valence-electron chi connectivity index (χ0n) is 14.1. The minimum atomic E-state index is -7.21. The Morgan fingerprint density at radius 2 is 1.10 bits per heavy atom. The van der Waals surface area contributed by atoms with Crippen LogP contribution in [0.1, 0.15) is 19.3 Å². The molecule has 2 rings (SSSR count). The fraction of sp³-hybridized carbons (Fsp3) is 0.636. The minimum absolute atomic E-state index is 0.991. The first-order chi connectivity index (χ1) is 13.3. The molecule has 0 spiro atoms. The topological polar surface area (TPSA) is 161 Å². The van der Waals surface area contributed by atoms with E-state index in [-0.39, 0.29) is 0 Å². The van der Waals surface area contributed by atoms with Crippen LogP contribution >= 0.6 is 0 Å². The molecule has 2 N–H and O–H groups in total. The molecule has 1 fully saturated rings. The van der Waals surface area contributed by atoms with Gasteiger partial charge in [0.2, 0.25) is 4.81 Å². The molecule has 2 aliphatic carbocycles. The first kappa shape index (κ1) is 26.1. The van der Waals surface area contributed by atoms with Gasteiger partial charge in [0.25, 0.3) is 0 Å². The number of hydroxylamine groups is 4. The Hall–Kier alpha value is -1.96. The van der Waals surface area contributed by atoms with Crippen LogP contribution < -0.4 is 0 Å². The molecule has 174 valence electrons. The number of hydrogen-bond donors (Lipinski definition) is 2. The fourth-order valence-corrected chi connectivity index (χ4v) is 3.38. The molecule has 19 heteroatoms. The monoisotopic (exact) mass is 496 g/mol. The molecule has 2 aliphatic rings. The van der Waals surface area contributed by atoms with Gasteiger partial charge in [-0.3, -0.25) is 0 Å². The smallest absolute Gasteiger partial charge is 0.430 e. The molecule has 2 amide bonds. The van der Waals surface area contributed by atoms with Crippen LogP contribution in [0.2, 0.25) is 0 Å². The number of allylic oxidation sites excluding steroid dienone is 2. The number of fused-ring (bicyclic) bond motifs is 2. The summed E-state index contributed by atoms with van der Waals surface area (Å²) in [4.78, 5) is 16.5. The Bertz CT molecular complexity index is 849. The number of imide groups is 1. The van der Waals surface area contributed by atoms with Crippen LogP contribution in [0.15, 0.2) is 12.2 Å². The molecule has 30 heavy (non-hydrogen) atoms. The van der Waals surface area contributed by atoms with Gasteiger partial charge in [-0.05, 0) is 39.7 Å². The van der Waals surface area contributed by atoms with E-state index >= 15 is 0 Å². The maximum Gasteiger partial charge on any atom is 0.597 e. The van der Waals surface area contributed by atoms with Crippen LogP contribution in [0.25, 0.3) is 0 Å². The molecule has 2 bridgehead atoms. The van der Waals surface area contributed by atoms with E-state index in [2.05, 4.69) is 20.7 Å². The second kappa shape index (κ2) is 8.29. The number of quaternary nitrogens is 1. The average molecular weight is 496 g/mol. The van der Waals surface area contributed by atoms with Crippen LogP contribution in [0, 0.1) is 11.8 Å². The normalized spacial score (nSPS) is 21.8. The third kappa shape index (κ3) is 5.59. The predicted molar refractivity (Wildman–Crippen MR) is 78.4 cm³/mol. The van der Waals surface area contributed by atoms with Crippen molar-refractivity contribution in [2.24, 2.45) is 11.8 Å². The number of nitrogens with zero attached hydrogens (tertiary/aromatic N) is 1. The molecule has 0 aromatic heterocycles. The van der Waals surface area contributed by atoms with E-state index in [0.717, 1.165) is 11.8 Å². The van der Waals surface area contributed by atoms with Crippen LogP contribution in [-0.2, 0) is 28.8 Å². The van der Waals surface area contributed by atoms with Crippen molar-refractivity contribution in [3.63, 3.8) is 0 Å². The third-order valence-corrected chi connectivity index (χ3v) is 5.59. The van der Waals surface area contributed by atoms with Gasteiger partial charge in [0, 0.05) is 0 Å². The van der Waals surface area contributed by atoms with E-state index in [0.29, 0.717) is 0 Å². The molecule has 0 aromatic rings. The van der Waals surface area contributed by atoms with Gasteiger partial charge in [0.05, 0.1) is 0 Å². The van der Waals surface area contributed by atoms with Crippen molar-refractivity contribution in [3.8, 4) is 0 Å². The predicted octanol–water partition coefficient (Wildman–Crippen LogP) is 2.69. The standard InChI is InChI=1S/C7H10.C4HF6NO10S2/c1-2-7-4-3-6(1)5-7;5-3(6,7)22(16,17)20-11(1(12)13,2(14)15)21-23(18,19)4(8,9)10/h1-2,6-7H,3-5H2;(H-,12,13,14,15)/p+1. The zero-order valence-corrected chi connectivity index (χ0v) is 15.8. The SMILES string of the molecule is C1=CC2CCC1C2.O=C(O)[N+](OS(=O)(=O)C(F)(F)F)(OS(=O)(=O)C(F)(F)F)C(=O)O. The molecular weight excluding hydrogens is 484 g/mol. The summed E-state index contributed by atoms with van der Waals surface area (Å²) in [6.07, 6.45) is 2.18. The molecule has 0 aromatic carbocycles. The second-order valence-corrected chi connectivity index (χ2v) is 8.82. The van der Waals surface area contributed by atoms with Crippen LogP contribution in [-0.4, -0.2) is 55.1 Å². The Morgan fingerprint density at radius 3 is 1.23 bits per heavy atom. The van der Waals surface area contributed by atoms with Gasteiger partial charge in [-0.15, -0.1) is 0 Å². The van der Waals surface area contributed by atoms with E-state index in [9.17, 15) is 52.8 Å². The van der Waals surface area contributed by atoms with E-state index in [1.54, 1.807) is 0 Å². The Morgan fingerprint density at radius 1 is 0.800 bits per heavy atom. The minimum Gasteiger partial charge on any atom is -0.430 e. The number of hydrogen-bond acceptors (Lipinski definition) is 8. The van der Waals surface area contributed by atoms with Crippen molar-refractivity contribution in [3.05, 3.63) is 12.2 Å². The quantitative estimate of drug-likeness (QED) is 0.195. The Balaban J connectivity index is 0.000000524. The van der Waals surface area contributed by atoms with Gasteiger partial charge in [0.15, 0.2) is 0 Å².